The van der Waals surface area contributed by atoms with E-state index < -0.39 is 0 Å². The molecular formula is C28H31ClN6O3. The fraction of sp³-hybridized carbons (Fsp3) is 0.357. The number of benzene rings is 2. The van der Waals surface area contributed by atoms with Gasteiger partial charge in [-0.25, -0.2) is 9.36 Å². The molecule has 0 radical (unpaired) electrons. The molecule has 9 nitrogen and oxygen atoms in total. The van der Waals surface area contributed by atoms with Gasteiger partial charge in [-0.15, -0.1) is 5.10 Å². The molecule has 1 aliphatic rings. The number of para-hydroxylation sites is 1. The van der Waals surface area contributed by atoms with Crippen molar-refractivity contribution in [3.05, 3.63) is 81.5 Å². The normalized spacial score (nSPS) is 17.4. The van der Waals surface area contributed by atoms with Crippen molar-refractivity contribution in [1.82, 2.24) is 24.4 Å². The Morgan fingerprint density at radius 1 is 1.18 bits per heavy atom. The van der Waals surface area contributed by atoms with E-state index in [0.717, 1.165) is 36.3 Å². The summed E-state index contributed by atoms with van der Waals surface area (Å²) in [7, 11) is 1.82. The number of ether oxygens (including phenoxy) is 1. The number of carbonyl (C=O) groups is 1. The smallest absolute Gasteiger partial charge is 0.295 e. The van der Waals surface area contributed by atoms with E-state index in [1.807, 2.05) is 63.5 Å². The van der Waals surface area contributed by atoms with Crippen LogP contribution in [0.15, 0.2) is 59.5 Å². The van der Waals surface area contributed by atoms with Gasteiger partial charge in [-0.2, -0.15) is 0 Å². The highest BCUT2D eigenvalue weighted by Crippen LogP contribution is 2.36. The molecule has 0 saturated heterocycles. The van der Waals surface area contributed by atoms with Crippen molar-refractivity contribution in [2.75, 3.05) is 11.9 Å². The number of hydrogen-bond donors (Lipinski definition) is 1. The van der Waals surface area contributed by atoms with E-state index in [4.69, 9.17) is 16.3 Å². The molecule has 2 heterocycles. The van der Waals surface area contributed by atoms with Crippen LogP contribution in [0.4, 0.5) is 5.69 Å². The van der Waals surface area contributed by atoms with E-state index in [0.29, 0.717) is 35.2 Å². The molecule has 2 atom stereocenters. The second-order valence-corrected chi connectivity index (χ2v) is 10.1. The Morgan fingerprint density at radius 3 is 2.74 bits per heavy atom. The Balaban J connectivity index is 1.33. The minimum Gasteiger partial charge on any atom is -0.492 e. The molecule has 2 aromatic carbocycles. The summed E-state index contributed by atoms with van der Waals surface area (Å²) in [6.45, 7) is 4.28. The van der Waals surface area contributed by atoms with Gasteiger partial charge in [0.25, 0.3) is 5.56 Å². The summed E-state index contributed by atoms with van der Waals surface area (Å²) in [6.07, 6.45) is 5.09. The first-order valence-electron chi connectivity index (χ1n) is 12.9. The van der Waals surface area contributed by atoms with E-state index in [2.05, 4.69) is 15.6 Å². The summed E-state index contributed by atoms with van der Waals surface area (Å²) < 4.78 is 10.7. The van der Waals surface area contributed by atoms with Gasteiger partial charge in [0.05, 0.1) is 29.9 Å². The van der Waals surface area contributed by atoms with Crippen molar-refractivity contribution in [2.24, 2.45) is 13.0 Å². The Labute approximate surface area is 226 Å². The minimum atomic E-state index is -0.244. The second kappa shape index (κ2) is 10.9. The fourth-order valence-corrected chi connectivity index (χ4v) is 5.33. The van der Waals surface area contributed by atoms with Crippen molar-refractivity contribution in [2.45, 2.75) is 45.4 Å². The summed E-state index contributed by atoms with van der Waals surface area (Å²) in [5.41, 5.74) is 3.07. The average Bonchev–Trinajstić information content (AvgIpc) is 3.50. The monoisotopic (exact) mass is 534 g/mol. The maximum absolute atomic E-state index is 13.3. The quantitative estimate of drug-likeness (QED) is 0.359. The van der Waals surface area contributed by atoms with Crippen LogP contribution < -0.4 is 15.6 Å². The lowest BCUT2D eigenvalue weighted by Gasteiger charge is -2.26. The molecule has 38 heavy (non-hydrogen) atoms. The average molecular weight is 535 g/mol. The Bertz CT molecular complexity index is 1510. The Morgan fingerprint density at radius 2 is 1.97 bits per heavy atom. The molecule has 2 aromatic heterocycles. The van der Waals surface area contributed by atoms with Crippen LogP contribution in [0.5, 0.6) is 5.75 Å². The molecule has 1 amide bonds. The molecule has 0 spiro atoms. The van der Waals surface area contributed by atoms with E-state index in [1.165, 1.54) is 0 Å². The number of nitrogens with zero attached hydrogens (tertiary/aromatic N) is 5. The van der Waals surface area contributed by atoms with Crippen LogP contribution in [0.1, 0.15) is 49.9 Å². The molecule has 1 N–H and O–H groups in total. The highest BCUT2D eigenvalue weighted by Gasteiger charge is 2.31. The Hall–Kier alpha value is -3.85. The zero-order valence-corrected chi connectivity index (χ0v) is 22.5. The topological polar surface area (TPSA) is 96.0 Å². The van der Waals surface area contributed by atoms with E-state index in [1.54, 1.807) is 26.2 Å². The van der Waals surface area contributed by atoms with Gasteiger partial charge in [-0.1, -0.05) is 41.4 Å². The number of anilines is 1. The minimum absolute atomic E-state index is 0.0841. The largest absolute Gasteiger partial charge is 0.492 e. The lowest BCUT2D eigenvalue weighted by molar-refractivity contribution is -0.120. The number of amides is 1. The van der Waals surface area contributed by atoms with E-state index in [-0.39, 0.29) is 23.3 Å². The first-order chi connectivity index (χ1) is 18.4. The van der Waals surface area contributed by atoms with Crippen LogP contribution in [0, 0.1) is 12.8 Å². The number of aromatic nitrogens is 5. The third kappa shape index (κ3) is 4.98. The molecule has 0 bridgehead atoms. The van der Waals surface area contributed by atoms with Crippen LogP contribution >= 0.6 is 11.6 Å². The third-order valence-corrected chi connectivity index (χ3v) is 7.48. The van der Waals surface area contributed by atoms with Crippen LogP contribution in [0.3, 0.4) is 0 Å². The maximum atomic E-state index is 13.3. The van der Waals surface area contributed by atoms with Crippen LogP contribution in [-0.2, 0) is 11.8 Å². The van der Waals surface area contributed by atoms with E-state index in [9.17, 15) is 9.59 Å². The number of nitrogens with one attached hydrogen (secondary N) is 1. The second-order valence-electron chi connectivity index (χ2n) is 9.62. The molecule has 1 saturated carbocycles. The van der Waals surface area contributed by atoms with Gasteiger partial charge in [0.1, 0.15) is 17.1 Å². The van der Waals surface area contributed by atoms with Crippen molar-refractivity contribution in [3.8, 4) is 17.1 Å². The molecule has 0 aliphatic heterocycles. The third-order valence-electron chi connectivity index (χ3n) is 7.24. The molecule has 1 fully saturated rings. The lowest BCUT2D eigenvalue weighted by Crippen LogP contribution is -2.30. The number of carbonyl (C=O) groups excluding carboxylic acids is 1. The molecular weight excluding hydrogens is 504 g/mol. The van der Waals surface area contributed by atoms with Crippen LogP contribution in [-0.4, -0.2) is 36.9 Å². The van der Waals surface area contributed by atoms with Crippen molar-refractivity contribution >= 4 is 23.2 Å². The SMILES string of the molecule is CCOc1ccc(Cl)cc1-n1cc([C@H]2CCC[C@@H](C(=O)Nc3c(C)n(C)n(-c4ccccc4)c3=O)C2)nn1. The Kier molecular flexibility index (Phi) is 7.37. The van der Waals surface area contributed by atoms with Gasteiger partial charge in [0, 0.05) is 23.9 Å². The van der Waals surface area contributed by atoms with Gasteiger partial charge in [-0.3, -0.25) is 14.3 Å². The lowest BCUT2D eigenvalue weighted by atomic mass is 9.79. The highest BCUT2D eigenvalue weighted by atomic mass is 35.5. The van der Waals surface area contributed by atoms with Gasteiger partial charge in [0.2, 0.25) is 5.91 Å². The maximum Gasteiger partial charge on any atom is 0.295 e. The number of rotatable bonds is 7. The van der Waals surface area contributed by atoms with Crippen LogP contribution in [0.25, 0.3) is 11.4 Å². The van der Waals surface area contributed by atoms with Gasteiger partial charge >= 0.3 is 0 Å². The number of halogens is 1. The first kappa shape index (κ1) is 25.8. The van der Waals surface area contributed by atoms with Gasteiger partial charge in [-0.05, 0) is 63.4 Å². The summed E-state index contributed by atoms with van der Waals surface area (Å²) in [5, 5.41) is 12.3. The molecule has 0 unspecified atom stereocenters. The standard InChI is InChI=1S/C28H31ClN6O3/c1-4-38-25-14-13-21(29)16-24(25)34-17-23(31-32-34)19-9-8-10-20(15-19)27(36)30-26-18(2)33(3)35(28(26)37)22-11-6-5-7-12-22/h5-7,11-14,16-17,19-20H,4,8-10,15H2,1-3H3,(H,30,36)/t19-,20+/m0/s1. The summed E-state index contributed by atoms with van der Waals surface area (Å²) in [6, 6.07) is 14.8. The van der Waals surface area contributed by atoms with Gasteiger partial charge in [0.15, 0.2) is 0 Å². The zero-order valence-electron chi connectivity index (χ0n) is 21.7. The highest BCUT2D eigenvalue weighted by molar-refractivity contribution is 6.30. The van der Waals surface area contributed by atoms with Crippen molar-refractivity contribution in [3.63, 3.8) is 0 Å². The molecule has 10 heteroatoms. The van der Waals surface area contributed by atoms with Crippen LogP contribution in [0.2, 0.25) is 5.02 Å². The molecule has 5 rings (SSSR count). The zero-order chi connectivity index (χ0) is 26.8. The summed E-state index contributed by atoms with van der Waals surface area (Å²) in [5.74, 6) is 0.393. The van der Waals surface area contributed by atoms with Crippen molar-refractivity contribution in [1.29, 1.82) is 0 Å². The molecule has 4 aromatic rings. The summed E-state index contributed by atoms with van der Waals surface area (Å²) >= 11 is 6.22. The van der Waals surface area contributed by atoms with Crippen molar-refractivity contribution < 1.29 is 9.53 Å². The molecule has 198 valence electrons. The van der Waals surface area contributed by atoms with Gasteiger partial charge < -0.3 is 10.1 Å². The number of hydrogen-bond acceptors (Lipinski definition) is 5. The first-order valence-corrected chi connectivity index (χ1v) is 13.2. The summed E-state index contributed by atoms with van der Waals surface area (Å²) in [4.78, 5) is 26.6. The molecule has 1 aliphatic carbocycles. The predicted molar refractivity (Wildman–Crippen MR) is 147 cm³/mol. The predicted octanol–water partition coefficient (Wildman–Crippen LogP) is 5.03. The van der Waals surface area contributed by atoms with E-state index >= 15 is 0 Å². The fourth-order valence-electron chi connectivity index (χ4n) is 5.16.